The summed E-state index contributed by atoms with van der Waals surface area (Å²) in [6.07, 6.45) is -4.04. The van der Waals surface area contributed by atoms with Gasteiger partial charge in [0.2, 0.25) is 0 Å². The lowest BCUT2D eigenvalue weighted by Crippen LogP contribution is -2.39. The summed E-state index contributed by atoms with van der Waals surface area (Å²) in [5.74, 6) is -0.803. The third kappa shape index (κ3) is 13.0. The van der Waals surface area contributed by atoms with E-state index in [1.54, 1.807) is 33.8 Å². The van der Waals surface area contributed by atoms with Crippen LogP contribution in [0.4, 0.5) is 14.4 Å². The molecule has 0 aromatic heterocycles. The van der Waals surface area contributed by atoms with Crippen molar-refractivity contribution >= 4 is 24.4 Å². The maximum atomic E-state index is 12.6. The van der Waals surface area contributed by atoms with Crippen molar-refractivity contribution in [1.82, 2.24) is 0 Å². The van der Waals surface area contributed by atoms with Crippen molar-refractivity contribution < 1.29 is 52.3 Å². The first-order chi connectivity index (χ1) is 18.7. The highest BCUT2D eigenvalue weighted by Gasteiger charge is 2.26. The standard InChI is InChI=1S/C28H43NO11/c1-9-17(5)35-27(32)39-23-12-11-21(14-24(23)40-28(33)36-18(6)10-2)13-22(29)25(30)37-19(7)20(8)38-26(31)34-15-16(3)4/h11-12,14,16-20,22H,9-10,13,15,29H2,1-8H3/t17?,18?,19-,20-,22-/m0/s1. The quantitative estimate of drug-likeness (QED) is 0.175. The highest BCUT2D eigenvalue weighted by Crippen LogP contribution is 2.30. The monoisotopic (exact) mass is 569 g/mol. The van der Waals surface area contributed by atoms with Crippen LogP contribution in [0.3, 0.4) is 0 Å². The van der Waals surface area contributed by atoms with Crippen LogP contribution in [0.25, 0.3) is 0 Å². The van der Waals surface area contributed by atoms with Gasteiger partial charge in [-0.2, -0.15) is 0 Å². The zero-order chi connectivity index (χ0) is 30.4. The van der Waals surface area contributed by atoms with Gasteiger partial charge in [-0.15, -0.1) is 0 Å². The summed E-state index contributed by atoms with van der Waals surface area (Å²) in [7, 11) is 0. The second-order valence-corrected chi connectivity index (χ2v) is 9.89. The second kappa shape index (κ2) is 17.2. The van der Waals surface area contributed by atoms with Crippen molar-refractivity contribution in [3.05, 3.63) is 23.8 Å². The average Bonchev–Trinajstić information content (AvgIpc) is 2.88. The van der Waals surface area contributed by atoms with Crippen molar-refractivity contribution in [2.75, 3.05) is 6.61 Å². The van der Waals surface area contributed by atoms with Gasteiger partial charge >= 0.3 is 24.4 Å². The summed E-state index contributed by atoms with van der Waals surface area (Å²) >= 11 is 0. The molecule has 5 atom stereocenters. The van der Waals surface area contributed by atoms with Gasteiger partial charge in [0.25, 0.3) is 0 Å². The predicted molar refractivity (Wildman–Crippen MR) is 144 cm³/mol. The van der Waals surface area contributed by atoms with Crippen LogP contribution in [-0.2, 0) is 34.9 Å². The van der Waals surface area contributed by atoms with Gasteiger partial charge < -0.3 is 38.9 Å². The smallest absolute Gasteiger partial charge is 0.458 e. The lowest BCUT2D eigenvalue weighted by molar-refractivity contribution is -0.155. The van der Waals surface area contributed by atoms with Gasteiger partial charge in [-0.25, -0.2) is 14.4 Å². The highest BCUT2D eigenvalue weighted by atomic mass is 16.8. The van der Waals surface area contributed by atoms with Gasteiger partial charge in [0, 0.05) is 0 Å². The Kier molecular flexibility index (Phi) is 14.8. The molecular formula is C28H43NO11. The molecule has 2 N–H and O–H groups in total. The molecule has 0 aliphatic carbocycles. The van der Waals surface area contributed by atoms with Crippen LogP contribution in [0.15, 0.2) is 18.2 Å². The Bertz CT molecular complexity index is 981. The zero-order valence-corrected chi connectivity index (χ0v) is 24.6. The number of rotatable bonds is 14. The van der Waals surface area contributed by atoms with Crippen LogP contribution in [0.5, 0.6) is 11.5 Å². The van der Waals surface area contributed by atoms with Crippen LogP contribution >= 0.6 is 0 Å². The van der Waals surface area contributed by atoms with Crippen LogP contribution < -0.4 is 15.2 Å². The molecule has 0 bridgehead atoms. The van der Waals surface area contributed by atoms with E-state index < -0.39 is 48.8 Å². The Hall–Kier alpha value is -3.54. The largest absolute Gasteiger partial charge is 0.514 e. The predicted octanol–water partition coefficient (Wildman–Crippen LogP) is 5.31. The minimum Gasteiger partial charge on any atom is -0.458 e. The highest BCUT2D eigenvalue weighted by molar-refractivity contribution is 5.76. The Labute approximate surface area is 235 Å². The van der Waals surface area contributed by atoms with Crippen molar-refractivity contribution in [3.8, 4) is 11.5 Å². The Morgan fingerprint density at radius 3 is 1.77 bits per heavy atom. The van der Waals surface area contributed by atoms with Gasteiger partial charge in [-0.3, -0.25) is 4.79 Å². The summed E-state index contributed by atoms with van der Waals surface area (Å²) in [5, 5.41) is 0. The number of nitrogens with two attached hydrogens (primary N) is 1. The third-order valence-corrected chi connectivity index (χ3v) is 5.68. The maximum absolute atomic E-state index is 12.6. The normalized spacial score (nSPS) is 14.7. The van der Waals surface area contributed by atoms with Gasteiger partial charge in [-0.1, -0.05) is 33.8 Å². The molecule has 1 aromatic carbocycles. The molecule has 0 saturated heterocycles. The molecule has 0 aliphatic rings. The van der Waals surface area contributed by atoms with Crippen molar-refractivity contribution in [2.45, 2.75) is 105 Å². The second-order valence-electron chi connectivity index (χ2n) is 9.89. The van der Waals surface area contributed by atoms with Gasteiger partial charge in [0.1, 0.15) is 30.5 Å². The third-order valence-electron chi connectivity index (χ3n) is 5.68. The van der Waals surface area contributed by atoms with Crippen LogP contribution in [-0.4, -0.2) is 61.5 Å². The van der Waals surface area contributed by atoms with Crippen molar-refractivity contribution in [3.63, 3.8) is 0 Å². The van der Waals surface area contributed by atoms with E-state index in [1.165, 1.54) is 12.1 Å². The minimum absolute atomic E-state index is 0.00835. The topological polar surface area (TPSA) is 159 Å². The van der Waals surface area contributed by atoms with E-state index in [0.717, 1.165) is 0 Å². The summed E-state index contributed by atoms with van der Waals surface area (Å²) < 4.78 is 36.3. The van der Waals surface area contributed by atoms with E-state index in [1.807, 2.05) is 27.7 Å². The minimum atomic E-state index is -1.11. The van der Waals surface area contributed by atoms with Gasteiger partial charge in [0.15, 0.2) is 11.5 Å². The number of esters is 1. The molecule has 0 heterocycles. The molecule has 1 rings (SSSR count). The Balaban J connectivity index is 2.92. The molecule has 1 aromatic rings. The molecule has 0 fully saturated rings. The number of hydrogen-bond acceptors (Lipinski definition) is 12. The molecule has 0 aliphatic heterocycles. The lowest BCUT2D eigenvalue weighted by atomic mass is 10.1. The molecule has 40 heavy (non-hydrogen) atoms. The first kappa shape index (κ1) is 34.5. The van der Waals surface area contributed by atoms with Gasteiger partial charge in [0.05, 0.1) is 6.61 Å². The van der Waals surface area contributed by atoms with Crippen LogP contribution in [0.1, 0.15) is 73.8 Å². The summed E-state index contributed by atoms with van der Waals surface area (Å²) in [5.41, 5.74) is 6.54. The number of benzene rings is 1. The summed E-state index contributed by atoms with van der Waals surface area (Å²) in [4.78, 5) is 48.8. The van der Waals surface area contributed by atoms with E-state index >= 15 is 0 Å². The SMILES string of the molecule is CCC(C)OC(=O)Oc1ccc(C[C@H](N)C(=O)O[C@@H](C)[C@H](C)OC(=O)OCC(C)C)cc1OC(=O)OC(C)CC. The zero-order valence-electron chi connectivity index (χ0n) is 24.6. The average molecular weight is 570 g/mol. The summed E-state index contributed by atoms with van der Waals surface area (Å²) in [6, 6.07) is 3.23. The molecule has 0 saturated carbocycles. The van der Waals surface area contributed by atoms with E-state index in [4.69, 9.17) is 38.9 Å². The molecular weight excluding hydrogens is 526 g/mol. The fraction of sp³-hybridized carbons (Fsp3) is 0.643. The fourth-order valence-corrected chi connectivity index (χ4v) is 2.79. The van der Waals surface area contributed by atoms with Crippen molar-refractivity contribution in [2.24, 2.45) is 11.7 Å². The molecule has 226 valence electrons. The molecule has 12 nitrogen and oxygen atoms in total. The summed E-state index contributed by atoms with van der Waals surface area (Å²) in [6.45, 7) is 14.2. The molecule has 12 heteroatoms. The number of ether oxygens (including phenoxy) is 7. The number of carbonyl (C=O) groups is 4. The molecule has 0 radical (unpaired) electrons. The van der Waals surface area contributed by atoms with E-state index in [2.05, 4.69) is 0 Å². The number of carbonyl (C=O) groups excluding carboxylic acids is 4. The maximum Gasteiger partial charge on any atom is 0.514 e. The number of hydrogen-bond donors (Lipinski definition) is 1. The fourth-order valence-electron chi connectivity index (χ4n) is 2.79. The Morgan fingerprint density at radius 2 is 1.25 bits per heavy atom. The van der Waals surface area contributed by atoms with Crippen LogP contribution in [0, 0.1) is 5.92 Å². The van der Waals surface area contributed by atoms with E-state index in [-0.39, 0.29) is 36.5 Å². The van der Waals surface area contributed by atoms with Gasteiger partial charge in [-0.05, 0) is 70.6 Å². The molecule has 0 amide bonds. The Morgan fingerprint density at radius 1 is 0.725 bits per heavy atom. The first-order valence-corrected chi connectivity index (χ1v) is 13.4. The van der Waals surface area contributed by atoms with Crippen LogP contribution in [0.2, 0.25) is 0 Å². The first-order valence-electron chi connectivity index (χ1n) is 13.4. The molecule has 0 spiro atoms. The molecule has 2 unspecified atom stereocenters. The van der Waals surface area contributed by atoms with Crippen molar-refractivity contribution in [1.29, 1.82) is 0 Å². The lowest BCUT2D eigenvalue weighted by Gasteiger charge is -2.22. The van der Waals surface area contributed by atoms with E-state index in [0.29, 0.717) is 18.4 Å². The van der Waals surface area contributed by atoms with E-state index in [9.17, 15) is 19.2 Å².